The zero-order chi connectivity index (χ0) is 23.0. The van der Waals surface area contributed by atoms with E-state index in [1.807, 2.05) is 43.3 Å². The van der Waals surface area contributed by atoms with Gasteiger partial charge in [-0.15, -0.1) is 0 Å². The van der Waals surface area contributed by atoms with Crippen LogP contribution in [0.2, 0.25) is 0 Å². The summed E-state index contributed by atoms with van der Waals surface area (Å²) < 4.78 is 0. The SMILES string of the molecule is CN(C)c1ccc(C(N)CNc2ccc3c(c2)C(=O)N(C2CCC(=O)NC2=O)C3=O)cc1. The maximum Gasteiger partial charge on any atom is 0.262 e. The van der Waals surface area contributed by atoms with Gasteiger partial charge in [-0.1, -0.05) is 12.1 Å². The molecule has 2 aliphatic rings. The number of fused-ring (bicyclic) bond motifs is 1. The smallest absolute Gasteiger partial charge is 0.262 e. The molecule has 0 aliphatic carbocycles. The van der Waals surface area contributed by atoms with Gasteiger partial charge >= 0.3 is 0 Å². The molecule has 0 bridgehead atoms. The molecule has 1 fully saturated rings. The van der Waals surface area contributed by atoms with Gasteiger partial charge < -0.3 is 16.0 Å². The summed E-state index contributed by atoms with van der Waals surface area (Å²) in [5, 5.41) is 5.40. The highest BCUT2D eigenvalue weighted by atomic mass is 16.2. The Kier molecular flexibility index (Phi) is 5.67. The minimum absolute atomic E-state index is 0.0873. The molecule has 2 aromatic carbocycles. The predicted molar refractivity (Wildman–Crippen MR) is 119 cm³/mol. The van der Waals surface area contributed by atoms with E-state index in [1.54, 1.807) is 18.2 Å². The van der Waals surface area contributed by atoms with Crippen LogP contribution in [0.25, 0.3) is 0 Å². The molecule has 9 nitrogen and oxygen atoms in total. The van der Waals surface area contributed by atoms with Crippen molar-refractivity contribution >= 4 is 35.0 Å². The van der Waals surface area contributed by atoms with Crippen molar-refractivity contribution in [3.05, 3.63) is 59.2 Å². The highest BCUT2D eigenvalue weighted by Crippen LogP contribution is 2.29. The first-order chi connectivity index (χ1) is 15.3. The van der Waals surface area contributed by atoms with Crippen molar-refractivity contribution in [1.29, 1.82) is 0 Å². The highest BCUT2D eigenvalue weighted by molar-refractivity contribution is 6.23. The van der Waals surface area contributed by atoms with Crippen LogP contribution in [-0.2, 0) is 9.59 Å². The van der Waals surface area contributed by atoms with Gasteiger partial charge in [0.05, 0.1) is 11.1 Å². The van der Waals surface area contributed by atoms with E-state index in [9.17, 15) is 19.2 Å². The minimum Gasteiger partial charge on any atom is -0.383 e. The summed E-state index contributed by atoms with van der Waals surface area (Å²) in [5.41, 5.74) is 9.47. The maximum atomic E-state index is 12.9. The van der Waals surface area contributed by atoms with Crippen LogP contribution in [0, 0.1) is 0 Å². The predicted octanol–water partition coefficient (Wildman–Crippen LogP) is 1.27. The first-order valence-electron chi connectivity index (χ1n) is 10.4. The molecule has 1 saturated heterocycles. The van der Waals surface area contributed by atoms with Crippen molar-refractivity contribution < 1.29 is 19.2 Å². The molecule has 0 aromatic heterocycles. The first-order valence-corrected chi connectivity index (χ1v) is 10.4. The van der Waals surface area contributed by atoms with Crippen molar-refractivity contribution in [2.24, 2.45) is 5.73 Å². The standard InChI is InChI=1S/C23H25N5O4/c1-27(2)15-6-3-13(4-7-15)18(24)12-25-14-5-8-16-17(11-14)23(32)28(22(16)31)19-9-10-20(29)26-21(19)30/h3-8,11,18-19,25H,9-10,12,24H2,1-2H3,(H,26,29,30). The van der Waals surface area contributed by atoms with Crippen LogP contribution in [0.1, 0.15) is 45.2 Å². The average molecular weight is 435 g/mol. The van der Waals surface area contributed by atoms with Gasteiger partial charge in [0, 0.05) is 44.5 Å². The van der Waals surface area contributed by atoms with E-state index in [0.29, 0.717) is 12.2 Å². The number of anilines is 2. The number of nitrogens with zero attached hydrogens (tertiary/aromatic N) is 2. The molecule has 166 valence electrons. The Bertz CT molecular complexity index is 1100. The number of benzene rings is 2. The largest absolute Gasteiger partial charge is 0.383 e. The van der Waals surface area contributed by atoms with Crippen LogP contribution in [0.3, 0.4) is 0 Å². The molecule has 9 heteroatoms. The van der Waals surface area contributed by atoms with E-state index in [1.165, 1.54) is 0 Å². The van der Waals surface area contributed by atoms with Crippen LogP contribution in [0.4, 0.5) is 11.4 Å². The number of carbonyl (C=O) groups is 4. The van der Waals surface area contributed by atoms with E-state index in [0.717, 1.165) is 16.2 Å². The van der Waals surface area contributed by atoms with Crippen LogP contribution in [-0.4, -0.2) is 55.2 Å². The van der Waals surface area contributed by atoms with Crippen LogP contribution in [0.5, 0.6) is 0 Å². The van der Waals surface area contributed by atoms with Gasteiger partial charge in [0.15, 0.2) is 0 Å². The summed E-state index contributed by atoms with van der Waals surface area (Å²) in [6.45, 7) is 0.430. The second-order valence-corrected chi connectivity index (χ2v) is 8.18. The van der Waals surface area contributed by atoms with Gasteiger partial charge in [-0.25, -0.2) is 0 Å². The quantitative estimate of drug-likeness (QED) is 0.584. The third-order valence-corrected chi connectivity index (χ3v) is 5.80. The number of rotatable bonds is 6. The van der Waals surface area contributed by atoms with Crippen molar-refractivity contribution in [3.63, 3.8) is 0 Å². The van der Waals surface area contributed by atoms with E-state index in [-0.39, 0.29) is 30.0 Å². The Morgan fingerprint density at radius 2 is 1.75 bits per heavy atom. The van der Waals surface area contributed by atoms with E-state index in [4.69, 9.17) is 5.73 Å². The van der Waals surface area contributed by atoms with Gasteiger partial charge in [0.2, 0.25) is 11.8 Å². The van der Waals surface area contributed by atoms with Gasteiger partial charge in [-0.2, -0.15) is 0 Å². The number of nitrogens with one attached hydrogen (secondary N) is 2. The number of imide groups is 2. The molecular formula is C23H25N5O4. The molecule has 0 spiro atoms. The fourth-order valence-electron chi connectivity index (χ4n) is 3.95. The normalized spacial score (nSPS) is 19.0. The van der Waals surface area contributed by atoms with Crippen LogP contribution >= 0.6 is 0 Å². The lowest BCUT2D eigenvalue weighted by Gasteiger charge is -2.27. The fraction of sp³-hybridized carbons (Fsp3) is 0.304. The Hall–Kier alpha value is -3.72. The van der Waals surface area contributed by atoms with Gasteiger partial charge in [-0.3, -0.25) is 29.4 Å². The topological polar surface area (TPSA) is 125 Å². The summed E-state index contributed by atoms with van der Waals surface area (Å²) >= 11 is 0. The van der Waals surface area contributed by atoms with Gasteiger partial charge in [0.1, 0.15) is 6.04 Å². The molecule has 2 atom stereocenters. The number of nitrogens with two attached hydrogens (primary N) is 1. The molecule has 2 aliphatic heterocycles. The number of piperidine rings is 1. The van der Waals surface area contributed by atoms with Crippen LogP contribution < -0.4 is 21.3 Å². The molecule has 4 N–H and O–H groups in total. The number of hydrogen-bond donors (Lipinski definition) is 3. The molecule has 0 radical (unpaired) electrons. The number of amides is 4. The Morgan fingerprint density at radius 3 is 2.41 bits per heavy atom. The van der Waals surface area contributed by atoms with Crippen molar-refractivity contribution in [2.45, 2.75) is 24.9 Å². The Labute approximate surface area is 185 Å². The van der Waals surface area contributed by atoms with E-state index < -0.39 is 29.7 Å². The second-order valence-electron chi connectivity index (χ2n) is 8.18. The molecular weight excluding hydrogens is 410 g/mol. The second kappa shape index (κ2) is 8.43. The van der Waals surface area contributed by atoms with Crippen molar-refractivity contribution in [1.82, 2.24) is 10.2 Å². The Morgan fingerprint density at radius 1 is 1.06 bits per heavy atom. The fourth-order valence-corrected chi connectivity index (χ4v) is 3.95. The summed E-state index contributed by atoms with van der Waals surface area (Å²) in [5.74, 6) is -2.09. The van der Waals surface area contributed by atoms with E-state index >= 15 is 0 Å². The number of carbonyl (C=O) groups excluding carboxylic acids is 4. The summed E-state index contributed by atoms with van der Waals surface area (Å²) in [6.07, 6.45) is 0.215. The lowest BCUT2D eigenvalue weighted by molar-refractivity contribution is -0.136. The summed E-state index contributed by atoms with van der Waals surface area (Å²) in [7, 11) is 3.94. The molecule has 2 aromatic rings. The zero-order valence-corrected chi connectivity index (χ0v) is 17.9. The van der Waals surface area contributed by atoms with Gasteiger partial charge in [0.25, 0.3) is 11.8 Å². The lowest BCUT2D eigenvalue weighted by atomic mass is 10.0. The molecule has 2 unspecified atom stereocenters. The number of hydrogen-bond acceptors (Lipinski definition) is 7. The van der Waals surface area contributed by atoms with Crippen molar-refractivity contribution in [3.8, 4) is 0 Å². The minimum atomic E-state index is -0.977. The highest BCUT2D eigenvalue weighted by Gasteiger charge is 2.44. The molecule has 0 saturated carbocycles. The monoisotopic (exact) mass is 435 g/mol. The van der Waals surface area contributed by atoms with E-state index in [2.05, 4.69) is 10.6 Å². The first kappa shape index (κ1) is 21.5. The average Bonchev–Trinajstić information content (AvgIpc) is 3.02. The summed E-state index contributed by atoms with van der Waals surface area (Å²) in [6, 6.07) is 11.6. The zero-order valence-electron chi connectivity index (χ0n) is 17.9. The van der Waals surface area contributed by atoms with Crippen molar-refractivity contribution in [2.75, 3.05) is 30.9 Å². The maximum absolute atomic E-state index is 12.9. The lowest BCUT2D eigenvalue weighted by Crippen LogP contribution is -2.54. The van der Waals surface area contributed by atoms with Crippen LogP contribution in [0.15, 0.2) is 42.5 Å². The molecule has 2 heterocycles. The molecule has 4 rings (SSSR count). The van der Waals surface area contributed by atoms with Gasteiger partial charge in [-0.05, 0) is 42.3 Å². The Balaban J connectivity index is 1.45. The third kappa shape index (κ3) is 3.94. The molecule has 4 amide bonds. The third-order valence-electron chi connectivity index (χ3n) is 5.80. The summed E-state index contributed by atoms with van der Waals surface area (Å²) in [4.78, 5) is 52.2. The molecule has 32 heavy (non-hydrogen) atoms.